The Morgan fingerprint density at radius 1 is 0.478 bits per heavy atom. The van der Waals surface area contributed by atoms with Crippen molar-refractivity contribution in [2.75, 3.05) is 0 Å². The van der Waals surface area contributed by atoms with Crippen molar-refractivity contribution in [1.82, 2.24) is 9.97 Å². The lowest BCUT2D eigenvalue weighted by molar-refractivity contribution is 1.06. The number of aromatic amines is 2. The summed E-state index contributed by atoms with van der Waals surface area (Å²) in [6.45, 7) is 0. The molecule has 0 radical (unpaired) electrons. The van der Waals surface area contributed by atoms with Gasteiger partial charge in [-0.05, 0) is 35.4 Å². The van der Waals surface area contributed by atoms with Gasteiger partial charge in [0.15, 0.2) is 0 Å². The first-order valence-electron chi connectivity index (χ1n) is 7.85. The summed E-state index contributed by atoms with van der Waals surface area (Å²) in [5.74, 6) is 0. The molecular formula is C21H18N2. The molecule has 2 aromatic heterocycles. The Balaban J connectivity index is 1.53. The lowest BCUT2D eigenvalue weighted by Gasteiger charge is -1.99. The zero-order chi connectivity index (χ0) is 15.5. The second kappa shape index (κ2) is 6.01. The molecule has 0 aliphatic heterocycles. The van der Waals surface area contributed by atoms with Gasteiger partial charge in [-0.25, -0.2) is 0 Å². The maximum atomic E-state index is 3.51. The fraction of sp³-hybridized carbons (Fsp3) is 0.0476. The number of H-pyrrole nitrogens is 2. The molecule has 0 atom stereocenters. The Labute approximate surface area is 135 Å². The summed E-state index contributed by atoms with van der Waals surface area (Å²) in [7, 11) is 0. The Morgan fingerprint density at radius 2 is 0.913 bits per heavy atom. The van der Waals surface area contributed by atoms with Crippen molar-refractivity contribution < 1.29 is 0 Å². The first-order chi connectivity index (χ1) is 11.4. The molecule has 0 unspecified atom stereocenters. The van der Waals surface area contributed by atoms with Gasteiger partial charge in [0.1, 0.15) is 0 Å². The minimum absolute atomic E-state index is 0.875. The summed E-state index contributed by atoms with van der Waals surface area (Å²) in [5.41, 5.74) is 7.19. The molecule has 0 saturated carbocycles. The summed E-state index contributed by atoms with van der Waals surface area (Å²) < 4.78 is 0. The predicted molar refractivity (Wildman–Crippen MR) is 95.3 cm³/mol. The molecule has 4 rings (SSSR count). The van der Waals surface area contributed by atoms with Crippen LogP contribution in [-0.2, 0) is 6.42 Å². The van der Waals surface area contributed by atoms with Crippen LogP contribution in [0.5, 0.6) is 0 Å². The fourth-order valence-electron chi connectivity index (χ4n) is 2.86. The van der Waals surface area contributed by atoms with E-state index in [1.54, 1.807) is 0 Å². The molecule has 0 aliphatic rings. The van der Waals surface area contributed by atoms with Crippen LogP contribution in [0.1, 0.15) is 11.4 Å². The third kappa shape index (κ3) is 2.97. The van der Waals surface area contributed by atoms with E-state index >= 15 is 0 Å². The first-order valence-corrected chi connectivity index (χ1v) is 7.85. The van der Waals surface area contributed by atoms with Gasteiger partial charge in [0, 0.05) is 29.2 Å². The number of aromatic nitrogens is 2. The number of hydrogen-bond donors (Lipinski definition) is 2. The normalized spacial score (nSPS) is 10.8. The molecule has 2 N–H and O–H groups in total. The molecule has 0 amide bonds. The molecule has 2 aromatic carbocycles. The zero-order valence-corrected chi connectivity index (χ0v) is 12.8. The van der Waals surface area contributed by atoms with Crippen molar-refractivity contribution in [2.24, 2.45) is 0 Å². The molecule has 0 aliphatic carbocycles. The fourth-order valence-corrected chi connectivity index (χ4v) is 2.86. The molecule has 2 heterocycles. The van der Waals surface area contributed by atoms with E-state index in [9.17, 15) is 0 Å². The third-order valence-electron chi connectivity index (χ3n) is 4.04. The Bertz CT molecular complexity index is 810. The molecule has 0 fully saturated rings. The van der Waals surface area contributed by atoms with Crippen molar-refractivity contribution in [3.8, 4) is 22.5 Å². The van der Waals surface area contributed by atoms with Gasteiger partial charge in [-0.15, -0.1) is 0 Å². The second-order valence-corrected chi connectivity index (χ2v) is 5.70. The van der Waals surface area contributed by atoms with E-state index in [4.69, 9.17) is 0 Å². The van der Waals surface area contributed by atoms with Crippen LogP contribution in [0.2, 0.25) is 0 Å². The summed E-state index contributed by atoms with van der Waals surface area (Å²) in [6, 6.07) is 29.4. The van der Waals surface area contributed by atoms with E-state index < -0.39 is 0 Å². The van der Waals surface area contributed by atoms with Crippen molar-refractivity contribution in [2.45, 2.75) is 6.42 Å². The minimum atomic E-state index is 0.875. The first kappa shape index (κ1) is 13.6. The highest BCUT2D eigenvalue weighted by Gasteiger charge is 2.05. The van der Waals surface area contributed by atoms with Gasteiger partial charge in [0.05, 0.1) is 0 Å². The minimum Gasteiger partial charge on any atom is -0.358 e. The smallest absolute Gasteiger partial charge is 0.0456 e. The highest BCUT2D eigenvalue weighted by atomic mass is 14.8. The van der Waals surface area contributed by atoms with Crippen molar-refractivity contribution in [3.05, 3.63) is 96.3 Å². The number of nitrogens with one attached hydrogen (secondary N) is 2. The van der Waals surface area contributed by atoms with Crippen LogP contribution in [0.4, 0.5) is 0 Å². The Kier molecular flexibility index (Phi) is 3.57. The second-order valence-electron chi connectivity index (χ2n) is 5.70. The standard InChI is InChI=1S/C21H18N2/c1-3-7-16(8-4-1)20-13-11-18(22-20)15-19-12-14-21(23-19)17-9-5-2-6-10-17/h1-14,22-23H,15H2. The highest BCUT2D eigenvalue weighted by molar-refractivity contribution is 5.61. The van der Waals surface area contributed by atoms with E-state index in [0.29, 0.717) is 0 Å². The quantitative estimate of drug-likeness (QED) is 0.514. The molecule has 0 bridgehead atoms. The van der Waals surface area contributed by atoms with E-state index in [0.717, 1.165) is 17.8 Å². The summed E-state index contributed by atoms with van der Waals surface area (Å²) in [4.78, 5) is 7.01. The number of hydrogen-bond acceptors (Lipinski definition) is 0. The lowest BCUT2D eigenvalue weighted by atomic mass is 10.2. The molecule has 23 heavy (non-hydrogen) atoms. The average molecular weight is 298 g/mol. The summed E-state index contributed by atoms with van der Waals surface area (Å²) >= 11 is 0. The van der Waals surface area contributed by atoms with Crippen LogP contribution in [0, 0.1) is 0 Å². The maximum Gasteiger partial charge on any atom is 0.0456 e. The van der Waals surface area contributed by atoms with E-state index in [1.807, 2.05) is 12.1 Å². The molecule has 112 valence electrons. The van der Waals surface area contributed by atoms with Gasteiger partial charge < -0.3 is 9.97 Å². The average Bonchev–Trinajstić information content (AvgIpc) is 3.27. The van der Waals surface area contributed by atoms with E-state index in [1.165, 1.54) is 22.5 Å². The van der Waals surface area contributed by atoms with Crippen LogP contribution >= 0.6 is 0 Å². The largest absolute Gasteiger partial charge is 0.358 e. The van der Waals surface area contributed by atoms with Gasteiger partial charge in [0.25, 0.3) is 0 Å². The van der Waals surface area contributed by atoms with Crippen molar-refractivity contribution in [3.63, 3.8) is 0 Å². The van der Waals surface area contributed by atoms with Crippen LogP contribution < -0.4 is 0 Å². The summed E-state index contributed by atoms with van der Waals surface area (Å²) in [6.07, 6.45) is 0.875. The molecule has 2 heteroatoms. The van der Waals surface area contributed by atoms with Crippen LogP contribution in [-0.4, -0.2) is 9.97 Å². The van der Waals surface area contributed by atoms with Gasteiger partial charge in [-0.2, -0.15) is 0 Å². The Morgan fingerprint density at radius 3 is 1.35 bits per heavy atom. The van der Waals surface area contributed by atoms with Gasteiger partial charge in [-0.3, -0.25) is 0 Å². The zero-order valence-electron chi connectivity index (χ0n) is 12.8. The van der Waals surface area contributed by atoms with Crippen LogP contribution in [0.25, 0.3) is 22.5 Å². The van der Waals surface area contributed by atoms with Crippen LogP contribution in [0.3, 0.4) is 0 Å². The number of benzene rings is 2. The highest BCUT2D eigenvalue weighted by Crippen LogP contribution is 2.21. The lowest BCUT2D eigenvalue weighted by Crippen LogP contribution is -1.89. The van der Waals surface area contributed by atoms with Gasteiger partial charge in [-0.1, -0.05) is 60.7 Å². The molecule has 4 aromatic rings. The Hall–Kier alpha value is -3.00. The topological polar surface area (TPSA) is 31.6 Å². The molecule has 2 nitrogen and oxygen atoms in total. The molecule has 0 saturated heterocycles. The SMILES string of the molecule is c1ccc(-c2ccc(Cc3ccc(-c4ccccc4)[nH]3)[nH]2)cc1. The predicted octanol–water partition coefficient (Wildman–Crippen LogP) is 5.27. The van der Waals surface area contributed by atoms with Crippen molar-refractivity contribution >= 4 is 0 Å². The van der Waals surface area contributed by atoms with E-state index in [2.05, 4.69) is 82.8 Å². The van der Waals surface area contributed by atoms with Gasteiger partial charge >= 0.3 is 0 Å². The van der Waals surface area contributed by atoms with Crippen LogP contribution in [0.15, 0.2) is 84.9 Å². The maximum absolute atomic E-state index is 3.51. The molecular weight excluding hydrogens is 280 g/mol. The summed E-state index contributed by atoms with van der Waals surface area (Å²) in [5, 5.41) is 0. The molecule has 0 spiro atoms. The third-order valence-corrected chi connectivity index (χ3v) is 4.04. The monoisotopic (exact) mass is 298 g/mol. The van der Waals surface area contributed by atoms with Gasteiger partial charge in [0.2, 0.25) is 0 Å². The number of rotatable bonds is 4. The van der Waals surface area contributed by atoms with E-state index in [-0.39, 0.29) is 0 Å². The van der Waals surface area contributed by atoms with Crippen molar-refractivity contribution in [1.29, 1.82) is 0 Å².